The number of benzene rings is 1. The van der Waals surface area contributed by atoms with Gasteiger partial charge in [-0.05, 0) is 65.8 Å². The standard InChI is InChI=1S/C15H23O6P/c1-14(2,3)20-22(18,21-15(4,5)6)19-12-9-7-11(8-10-12)13(16)17/h7-10H,1-6H3,(H,16,17). The molecule has 124 valence electrons. The number of rotatable bonds is 5. The van der Waals surface area contributed by atoms with Gasteiger partial charge in [0, 0.05) is 0 Å². The number of phosphoric acid groups is 1. The smallest absolute Gasteiger partial charge is 0.478 e. The van der Waals surface area contributed by atoms with Crippen molar-refractivity contribution in [3.63, 3.8) is 0 Å². The highest BCUT2D eigenvalue weighted by atomic mass is 31.2. The number of carboxylic acid groups (broad SMARTS) is 1. The van der Waals surface area contributed by atoms with E-state index in [4.69, 9.17) is 18.7 Å². The molecule has 0 aromatic heterocycles. The number of hydrogen-bond donors (Lipinski definition) is 1. The molecule has 0 unspecified atom stereocenters. The van der Waals surface area contributed by atoms with Gasteiger partial charge in [0.25, 0.3) is 0 Å². The summed E-state index contributed by atoms with van der Waals surface area (Å²) in [7, 11) is -3.87. The predicted octanol–water partition coefficient (Wildman–Crippen LogP) is 4.50. The Kier molecular flexibility index (Phi) is 5.44. The summed E-state index contributed by atoms with van der Waals surface area (Å²) in [5.74, 6) is -0.839. The number of carboxylic acids is 1. The Hall–Kier alpha value is -1.36. The maximum atomic E-state index is 12.8. The first-order valence-electron chi connectivity index (χ1n) is 6.84. The minimum atomic E-state index is -3.87. The van der Waals surface area contributed by atoms with Gasteiger partial charge >= 0.3 is 13.8 Å². The second-order valence-electron chi connectivity index (χ2n) is 6.78. The third kappa shape index (κ3) is 6.60. The van der Waals surface area contributed by atoms with Gasteiger partial charge in [-0.25, -0.2) is 9.36 Å². The van der Waals surface area contributed by atoms with E-state index in [0.29, 0.717) is 0 Å². The van der Waals surface area contributed by atoms with Crippen molar-refractivity contribution in [3.8, 4) is 5.75 Å². The zero-order valence-corrected chi connectivity index (χ0v) is 14.6. The van der Waals surface area contributed by atoms with E-state index in [9.17, 15) is 9.36 Å². The summed E-state index contributed by atoms with van der Waals surface area (Å²) in [6.07, 6.45) is 0. The van der Waals surface area contributed by atoms with Crippen LogP contribution in [0.3, 0.4) is 0 Å². The molecule has 22 heavy (non-hydrogen) atoms. The minimum absolute atomic E-state index is 0.107. The highest BCUT2D eigenvalue weighted by Crippen LogP contribution is 2.55. The fraction of sp³-hybridized carbons (Fsp3) is 0.533. The van der Waals surface area contributed by atoms with Gasteiger partial charge in [-0.3, -0.25) is 9.05 Å². The maximum Gasteiger partial charge on any atom is 0.531 e. The van der Waals surface area contributed by atoms with E-state index in [1.807, 2.05) is 0 Å². The molecular weight excluding hydrogens is 307 g/mol. The summed E-state index contributed by atoms with van der Waals surface area (Å²) >= 11 is 0. The van der Waals surface area contributed by atoms with Crippen molar-refractivity contribution in [1.29, 1.82) is 0 Å². The number of aromatic carboxylic acids is 1. The molecule has 0 saturated carbocycles. The van der Waals surface area contributed by atoms with E-state index in [-0.39, 0.29) is 11.3 Å². The van der Waals surface area contributed by atoms with Crippen LogP contribution in [0.1, 0.15) is 51.9 Å². The molecule has 0 aliphatic heterocycles. The van der Waals surface area contributed by atoms with Gasteiger partial charge in [-0.1, -0.05) is 0 Å². The Morgan fingerprint density at radius 3 is 1.68 bits per heavy atom. The highest BCUT2D eigenvalue weighted by Gasteiger charge is 2.38. The van der Waals surface area contributed by atoms with Crippen molar-refractivity contribution in [3.05, 3.63) is 29.8 Å². The van der Waals surface area contributed by atoms with Crippen LogP contribution < -0.4 is 4.52 Å². The molecule has 0 aliphatic carbocycles. The largest absolute Gasteiger partial charge is 0.531 e. The average Bonchev–Trinajstić information content (AvgIpc) is 2.23. The average molecular weight is 330 g/mol. The quantitative estimate of drug-likeness (QED) is 0.800. The number of hydrogen-bond acceptors (Lipinski definition) is 5. The third-order valence-corrected chi connectivity index (χ3v) is 4.07. The minimum Gasteiger partial charge on any atom is -0.478 e. The van der Waals surface area contributed by atoms with Crippen molar-refractivity contribution in [2.45, 2.75) is 52.7 Å². The molecule has 1 aromatic rings. The van der Waals surface area contributed by atoms with E-state index >= 15 is 0 Å². The number of carbonyl (C=O) groups is 1. The molecule has 0 aliphatic rings. The summed E-state index contributed by atoms with van der Waals surface area (Å²) in [5, 5.41) is 8.87. The van der Waals surface area contributed by atoms with Crippen molar-refractivity contribution in [2.24, 2.45) is 0 Å². The first kappa shape index (κ1) is 18.7. The SMILES string of the molecule is CC(C)(C)OP(=O)(Oc1ccc(C(=O)O)cc1)OC(C)(C)C. The lowest BCUT2D eigenvalue weighted by Crippen LogP contribution is -2.25. The Balaban J connectivity index is 3.02. The van der Waals surface area contributed by atoms with E-state index in [0.717, 1.165) is 0 Å². The monoisotopic (exact) mass is 330 g/mol. The fourth-order valence-electron chi connectivity index (χ4n) is 1.51. The van der Waals surface area contributed by atoms with Crippen LogP contribution in [-0.2, 0) is 13.6 Å². The van der Waals surface area contributed by atoms with Gasteiger partial charge in [-0.15, -0.1) is 0 Å². The summed E-state index contributed by atoms with van der Waals surface area (Å²) in [5.41, 5.74) is -1.36. The topological polar surface area (TPSA) is 82.1 Å². The molecule has 0 heterocycles. The van der Waals surface area contributed by atoms with Gasteiger partial charge < -0.3 is 9.63 Å². The van der Waals surface area contributed by atoms with Crippen molar-refractivity contribution in [2.75, 3.05) is 0 Å². The Labute approximate surface area is 131 Å². The molecule has 0 amide bonds. The molecule has 0 radical (unpaired) electrons. The second kappa shape index (κ2) is 6.41. The van der Waals surface area contributed by atoms with Crippen LogP contribution in [-0.4, -0.2) is 22.3 Å². The van der Waals surface area contributed by atoms with Crippen LogP contribution in [0.2, 0.25) is 0 Å². The molecule has 1 rings (SSSR count). The van der Waals surface area contributed by atoms with E-state index in [1.54, 1.807) is 41.5 Å². The van der Waals surface area contributed by atoms with Gasteiger partial charge in [0.15, 0.2) is 0 Å². The summed E-state index contributed by atoms with van der Waals surface area (Å²) < 4.78 is 29.2. The molecular formula is C15H23O6P. The van der Waals surface area contributed by atoms with E-state index in [2.05, 4.69) is 0 Å². The lowest BCUT2D eigenvalue weighted by Gasteiger charge is -2.30. The van der Waals surface area contributed by atoms with Crippen LogP contribution in [0, 0.1) is 0 Å². The van der Waals surface area contributed by atoms with Crippen molar-refractivity contribution in [1.82, 2.24) is 0 Å². The van der Waals surface area contributed by atoms with Crippen LogP contribution in [0.5, 0.6) is 5.75 Å². The lowest BCUT2D eigenvalue weighted by atomic mass is 10.2. The van der Waals surface area contributed by atoms with Gasteiger partial charge in [0.05, 0.1) is 16.8 Å². The fourth-order valence-corrected chi connectivity index (χ4v) is 3.35. The van der Waals surface area contributed by atoms with Gasteiger partial charge in [-0.2, -0.15) is 0 Å². The van der Waals surface area contributed by atoms with Crippen LogP contribution in [0.25, 0.3) is 0 Å². The second-order valence-corrected chi connectivity index (χ2v) is 8.22. The molecule has 1 aromatic carbocycles. The van der Waals surface area contributed by atoms with E-state index in [1.165, 1.54) is 24.3 Å². The Morgan fingerprint density at radius 1 is 0.955 bits per heavy atom. The van der Waals surface area contributed by atoms with E-state index < -0.39 is 25.0 Å². The summed E-state index contributed by atoms with van der Waals surface area (Å²) in [4.78, 5) is 10.8. The first-order chi connectivity index (χ1) is 9.80. The Morgan fingerprint density at radius 2 is 1.36 bits per heavy atom. The van der Waals surface area contributed by atoms with Crippen molar-refractivity contribution < 1.29 is 28.0 Å². The zero-order chi connectivity index (χ0) is 17.2. The van der Waals surface area contributed by atoms with Crippen LogP contribution in [0.4, 0.5) is 0 Å². The predicted molar refractivity (Wildman–Crippen MR) is 83.3 cm³/mol. The number of phosphoric ester groups is 1. The normalized spacial score (nSPS) is 13.0. The highest BCUT2D eigenvalue weighted by molar-refractivity contribution is 7.49. The zero-order valence-electron chi connectivity index (χ0n) is 13.7. The molecule has 6 nitrogen and oxygen atoms in total. The van der Waals surface area contributed by atoms with Gasteiger partial charge in [0.2, 0.25) is 0 Å². The molecule has 0 spiro atoms. The molecule has 7 heteroatoms. The molecule has 1 N–H and O–H groups in total. The van der Waals surface area contributed by atoms with Crippen LogP contribution in [0.15, 0.2) is 24.3 Å². The molecule has 0 atom stereocenters. The molecule has 0 saturated heterocycles. The molecule has 0 bridgehead atoms. The first-order valence-corrected chi connectivity index (χ1v) is 8.30. The maximum absolute atomic E-state index is 12.8. The molecule has 0 fully saturated rings. The summed E-state index contributed by atoms with van der Waals surface area (Å²) in [6, 6.07) is 5.54. The lowest BCUT2D eigenvalue weighted by molar-refractivity contribution is 0.0224. The van der Waals surface area contributed by atoms with Gasteiger partial charge in [0.1, 0.15) is 5.75 Å². The third-order valence-electron chi connectivity index (χ3n) is 2.09. The van der Waals surface area contributed by atoms with Crippen LogP contribution >= 0.6 is 7.82 Å². The van der Waals surface area contributed by atoms with Crippen molar-refractivity contribution >= 4 is 13.8 Å². The Bertz CT molecular complexity index is 545. The summed E-state index contributed by atoms with van der Waals surface area (Å²) in [6.45, 7) is 10.4.